The summed E-state index contributed by atoms with van der Waals surface area (Å²) in [6, 6.07) is 8.78. The first-order valence-corrected chi connectivity index (χ1v) is 6.21. The molecule has 94 valence electrons. The van der Waals surface area contributed by atoms with Crippen molar-refractivity contribution >= 4 is 0 Å². The number of methoxy groups -OCH3 is 1. The average molecular weight is 234 g/mol. The van der Waals surface area contributed by atoms with Crippen LogP contribution in [-0.4, -0.2) is 27.7 Å². The Morgan fingerprint density at radius 1 is 1.35 bits per heavy atom. The monoisotopic (exact) mass is 234 g/mol. The number of ether oxygens (including phenoxy) is 1. The summed E-state index contributed by atoms with van der Waals surface area (Å²) in [6.45, 7) is 1.07. The van der Waals surface area contributed by atoms with E-state index in [1.165, 1.54) is 18.4 Å². The van der Waals surface area contributed by atoms with Gasteiger partial charge in [-0.1, -0.05) is 12.1 Å². The van der Waals surface area contributed by atoms with E-state index >= 15 is 0 Å². The van der Waals surface area contributed by atoms with E-state index in [1.807, 2.05) is 20.2 Å². The lowest BCUT2D eigenvalue weighted by Crippen LogP contribution is -2.33. The van der Waals surface area contributed by atoms with Crippen molar-refractivity contribution in [3.63, 3.8) is 0 Å². The Kier molecular flexibility index (Phi) is 3.69. The van der Waals surface area contributed by atoms with Crippen LogP contribution in [0.2, 0.25) is 0 Å². The van der Waals surface area contributed by atoms with Crippen LogP contribution in [0.15, 0.2) is 24.3 Å². The Balaban J connectivity index is 2.23. The molecule has 3 nitrogen and oxygen atoms in total. The molecule has 1 atom stereocenters. The largest absolute Gasteiger partial charge is 0.497 e. The molecule has 0 bridgehead atoms. The van der Waals surface area contributed by atoms with Crippen LogP contribution in [0.3, 0.4) is 0 Å². The molecule has 1 aliphatic carbocycles. The van der Waals surface area contributed by atoms with E-state index in [9.17, 15) is 0 Å². The second-order valence-corrected chi connectivity index (χ2v) is 4.89. The zero-order chi connectivity index (χ0) is 12.3. The highest BCUT2D eigenvalue weighted by molar-refractivity contribution is 5.33. The second kappa shape index (κ2) is 5.07. The fourth-order valence-electron chi connectivity index (χ4n) is 2.73. The lowest BCUT2D eigenvalue weighted by atomic mass is 9.90. The van der Waals surface area contributed by atoms with Crippen molar-refractivity contribution in [2.75, 3.05) is 27.7 Å². The predicted molar refractivity (Wildman–Crippen MR) is 70.4 cm³/mol. The van der Waals surface area contributed by atoms with Gasteiger partial charge in [-0.2, -0.15) is 0 Å². The van der Waals surface area contributed by atoms with Crippen molar-refractivity contribution in [1.29, 1.82) is 0 Å². The maximum atomic E-state index is 5.30. The first kappa shape index (κ1) is 12.4. The van der Waals surface area contributed by atoms with Crippen LogP contribution in [0.25, 0.3) is 0 Å². The quantitative estimate of drug-likeness (QED) is 0.789. The minimum absolute atomic E-state index is 0.385. The van der Waals surface area contributed by atoms with E-state index in [4.69, 9.17) is 4.74 Å². The van der Waals surface area contributed by atoms with Gasteiger partial charge in [-0.15, -0.1) is 0 Å². The number of rotatable bonds is 6. The van der Waals surface area contributed by atoms with Crippen LogP contribution in [0.4, 0.5) is 0 Å². The molecule has 0 aromatic heterocycles. The Hall–Kier alpha value is -1.06. The molecule has 0 heterocycles. The van der Waals surface area contributed by atoms with Gasteiger partial charge in [0.25, 0.3) is 0 Å². The van der Waals surface area contributed by atoms with Gasteiger partial charge in [0.15, 0.2) is 0 Å². The summed E-state index contributed by atoms with van der Waals surface area (Å²) < 4.78 is 5.30. The van der Waals surface area contributed by atoms with E-state index in [1.54, 1.807) is 7.11 Å². The molecule has 2 rings (SSSR count). The summed E-state index contributed by atoms with van der Waals surface area (Å²) in [5, 5.41) is 6.77. The third-order valence-corrected chi connectivity index (χ3v) is 3.75. The van der Waals surface area contributed by atoms with Crippen LogP contribution < -0.4 is 15.4 Å². The van der Waals surface area contributed by atoms with Gasteiger partial charge in [-0.05, 0) is 44.6 Å². The minimum atomic E-state index is 0.385. The highest BCUT2D eigenvalue weighted by atomic mass is 16.5. The molecular formula is C14H22N2O. The van der Waals surface area contributed by atoms with E-state index in [0.29, 0.717) is 11.5 Å². The zero-order valence-corrected chi connectivity index (χ0v) is 10.9. The summed E-state index contributed by atoms with van der Waals surface area (Å²) >= 11 is 0. The summed E-state index contributed by atoms with van der Waals surface area (Å²) in [5.74, 6) is 0.933. The topological polar surface area (TPSA) is 33.3 Å². The van der Waals surface area contributed by atoms with Crippen molar-refractivity contribution in [2.45, 2.75) is 18.9 Å². The number of hydrogen-bond acceptors (Lipinski definition) is 3. The smallest absolute Gasteiger partial charge is 0.119 e. The van der Waals surface area contributed by atoms with Crippen molar-refractivity contribution in [3.05, 3.63) is 29.8 Å². The van der Waals surface area contributed by atoms with E-state index in [2.05, 4.69) is 28.8 Å². The average Bonchev–Trinajstić information content (AvgIpc) is 3.11. The lowest BCUT2D eigenvalue weighted by molar-refractivity contribution is 0.344. The minimum Gasteiger partial charge on any atom is -0.497 e. The van der Waals surface area contributed by atoms with Gasteiger partial charge in [0.1, 0.15) is 5.75 Å². The van der Waals surface area contributed by atoms with Gasteiger partial charge in [0, 0.05) is 18.0 Å². The molecule has 1 saturated carbocycles. The molecule has 1 aromatic carbocycles. The lowest BCUT2D eigenvalue weighted by Gasteiger charge is -2.27. The van der Waals surface area contributed by atoms with Crippen LogP contribution in [0, 0.1) is 5.41 Å². The van der Waals surface area contributed by atoms with Crippen molar-refractivity contribution < 1.29 is 4.74 Å². The standard InChI is InChI=1S/C14H22N2O/c1-15-10-14(7-8-14)13(16-2)11-5-4-6-12(9-11)17-3/h4-6,9,13,15-16H,7-8,10H2,1-3H3. The van der Waals surface area contributed by atoms with Gasteiger partial charge in [0.2, 0.25) is 0 Å². The molecule has 1 unspecified atom stereocenters. The molecule has 1 fully saturated rings. The first-order valence-electron chi connectivity index (χ1n) is 6.21. The second-order valence-electron chi connectivity index (χ2n) is 4.89. The van der Waals surface area contributed by atoms with Crippen LogP contribution >= 0.6 is 0 Å². The van der Waals surface area contributed by atoms with Gasteiger partial charge >= 0.3 is 0 Å². The van der Waals surface area contributed by atoms with Crippen molar-refractivity contribution in [3.8, 4) is 5.75 Å². The zero-order valence-electron chi connectivity index (χ0n) is 10.9. The molecule has 0 radical (unpaired) electrons. The first-order chi connectivity index (χ1) is 8.25. The Morgan fingerprint density at radius 2 is 2.12 bits per heavy atom. The molecule has 3 heteroatoms. The van der Waals surface area contributed by atoms with Crippen molar-refractivity contribution in [2.24, 2.45) is 5.41 Å². The van der Waals surface area contributed by atoms with Crippen molar-refractivity contribution in [1.82, 2.24) is 10.6 Å². The Morgan fingerprint density at radius 3 is 2.65 bits per heavy atom. The molecule has 0 aliphatic heterocycles. The molecule has 1 aromatic rings. The van der Waals surface area contributed by atoms with Gasteiger partial charge in [-0.25, -0.2) is 0 Å². The molecule has 0 amide bonds. The van der Waals surface area contributed by atoms with E-state index in [-0.39, 0.29) is 0 Å². The van der Waals surface area contributed by atoms with E-state index < -0.39 is 0 Å². The summed E-state index contributed by atoms with van der Waals surface area (Å²) in [5.41, 5.74) is 1.70. The van der Waals surface area contributed by atoms with E-state index in [0.717, 1.165) is 12.3 Å². The third-order valence-electron chi connectivity index (χ3n) is 3.75. The molecule has 2 N–H and O–H groups in total. The molecule has 17 heavy (non-hydrogen) atoms. The van der Waals surface area contributed by atoms with Crippen LogP contribution in [-0.2, 0) is 0 Å². The molecule has 0 spiro atoms. The highest BCUT2D eigenvalue weighted by Crippen LogP contribution is 2.54. The third kappa shape index (κ3) is 2.45. The highest BCUT2D eigenvalue weighted by Gasteiger charge is 2.48. The fourth-order valence-corrected chi connectivity index (χ4v) is 2.73. The Labute approximate surface area is 104 Å². The molecule has 0 saturated heterocycles. The number of nitrogens with one attached hydrogen (secondary N) is 2. The predicted octanol–water partition coefficient (Wildman–Crippen LogP) is 1.96. The van der Waals surface area contributed by atoms with Gasteiger partial charge < -0.3 is 15.4 Å². The summed E-state index contributed by atoms with van der Waals surface area (Å²) in [6.07, 6.45) is 2.58. The maximum absolute atomic E-state index is 5.30. The summed E-state index contributed by atoms with van der Waals surface area (Å²) in [4.78, 5) is 0. The SMILES string of the molecule is CNCC1(C(NC)c2cccc(OC)c2)CC1. The fraction of sp³-hybridized carbons (Fsp3) is 0.571. The van der Waals surface area contributed by atoms with Crippen LogP contribution in [0.5, 0.6) is 5.75 Å². The van der Waals surface area contributed by atoms with Gasteiger partial charge in [-0.3, -0.25) is 0 Å². The molecular weight excluding hydrogens is 212 g/mol. The Bertz CT molecular complexity index is 374. The maximum Gasteiger partial charge on any atom is 0.119 e. The van der Waals surface area contributed by atoms with Crippen LogP contribution in [0.1, 0.15) is 24.4 Å². The number of hydrogen-bond donors (Lipinski definition) is 2. The normalized spacial score (nSPS) is 18.8. The van der Waals surface area contributed by atoms with Gasteiger partial charge in [0.05, 0.1) is 7.11 Å². The summed E-state index contributed by atoms with van der Waals surface area (Å²) in [7, 11) is 5.78. The molecule has 1 aliphatic rings. The number of benzene rings is 1.